The van der Waals surface area contributed by atoms with Gasteiger partial charge < -0.3 is 30.4 Å². The molecule has 3 rings (SSSR count). The predicted molar refractivity (Wildman–Crippen MR) is 110 cm³/mol. The molecule has 0 saturated heterocycles. The summed E-state index contributed by atoms with van der Waals surface area (Å²) in [4.78, 5) is 0. The average Bonchev–Trinajstić information content (AvgIpc) is 2.71. The van der Waals surface area contributed by atoms with Crippen molar-refractivity contribution < 1.29 is 71.6 Å². The Morgan fingerprint density at radius 2 is 0.800 bits per heavy atom. The number of hydrogen-bond donors (Lipinski definition) is 2. The number of ether oxygens (including phenoxy) is 4. The maximum atomic E-state index is 13.3. The van der Waals surface area contributed by atoms with Gasteiger partial charge in [-0.1, -0.05) is 12.2 Å². The van der Waals surface area contributed by atoms with Crippen molar-refractivity contribution in [2.45, 2.75) is 38.3 Å². The number of hydrogen-bond acceptors (Lipinski definition) is 6. The third-order valence-corrected chi connectivity index (χ3v) is 4.91. The second-order valence-electron chi connectivity index (χ2n) is 7.83. The molecule has 0 radical (unpaired) electrons. The van der Waals surface area contributed by atoms with Gasteiger partial charge in [0.1, 0.15) is 23.0 Å². The topological polar surface area (TPSA) is 89.0 Å². The van der Waals surface area contributed by atoms with Gasteiger partial charge in [0.05, 0.1) is 0 Å². The molecule has 0 spiro atoms. The van der Waals surface area contributed by atoms with Gasteiger partial charge in [-0.25, -0.2) is 0 Å². The van der Waals surface area contributed by atoms with Gasteiger partial charge in [0.2, 0.25) is 0 Å². The van der Waals surface area contributed by atoms with E-state index in [4.69, 9.17) is 11.5 Å². The van der Waals surface area contributed by atoms with E-state index in [9.17, 15) is 52.7 Å². The molecule has 1 aromatic carbocycles. The van der Waals surface area contributed by atoms with Crippen LogP contribution in [0.1, 0.15) is 12.8 Å². The van der Waals surface area contributed by atoms with Gasteiger partial charge in [0.15, 0.2) is 0 Å². The molecule has 0 aromatic heterocycles. The molecular formula is C22H14F12N2O4. The van der Waals surface area contributed by atoms with Crippen LogP contribution in [0.2, 0.25) is 0 Å². The molecule has 0 amide bonds. The number of benzene rings is 1. The molecule has 6 nitrogen and oxygen atoms in total. The van der Waals surface area contributed by atoms with Gasteiger partial charge in [0, 0.05) is 45.1 Å². The molecule has 0 heterocycles. The van der Waals surface area contributed by atoms with Gasteiger partial charge in [-0.15, -0.1) is 52.7 Å². The first-order valence-electron chi connectivity index (χ1n) is 10.4. The van der Waals surface area contributed by atoms with Crippen molar-refractivity contribution in [1.82, 2.24) is 0 Å². The summed E-state index contributed by atoms with van der Waals surface area (Å²) in [5, 5.41) is -2.07. The molecule has 0 atom stereocenters. The standard InChI is InChI=1S/C22H14F12N2O4/c23-19(24,25)37-15-5-9(35)1-3-11(15)13-7-18(40-22(32,33)34)14(8-17(13)39-21(29,30)31)12-4-2-10(36)6-16(12)38-20(26,27)28/h1-2,5-8H,3-4,35-36H2. The first kappa shape index (κ1) is 30.4. The smallest absolute Gasteiger partial charge is 0.405 e. The number of rotatable bonds is 4. The van der Waals surface area contributed by atoms with Crippen LogP contribution in [0, 0.1) is 0 Å². The van der Waals surface area contributed by atoms with Crippen LogP contribution in [0.5, 0.6) is 11.5 Å². The Hall–Kier alpha value is -4.12. The van der Waals surface area contributed by atoms with Gasteiger partial charge in [-0.2, -0.15) is 0 Å². The van der Waals surface area contributed by atoms with Crippen LogP contribution in [-0.2, 0) is 9.47 Å². The van der Waals surface area contributed by atoms with E-state index in [1.165, 1.54) is 0 Å². The zero-order chi connectivity index (χ0) is 30.3. The lowest BCUT2D eigenvalue weighted by atomic mass is 9.97. The summed E-state index contributed by atoms with van der Waals surface area (Å²) in [7, 11) is 0. The van der Waals surface area contributed by atoms with E-state index >= 15 is 0 Å². The third kappa shape index (κ3) is 8.44. The predicted octanol–water partition coefficient (Wildman–Crippen LogP) is 5.12. The van der Waals surface area contributed by atoms with Crippen LogP contribution in [0.3, 0.4) is 0 Å². The summed E-state index contributed by atoms with van der Waals surface area (Å²) < 4.78 is 173. The van der Waals surface area contributed by atoms with Crippen molar-refractivity contribution in [3.05, 3.63) is 69.8 Å². The Morgan fingerprint density at radius 1 is 0.500 bits per heavy atom. The Bertz CT molecular complexity index is 1300. The highest BCUT2D eigenvalue weighted by atomic mass is 19.4. The second kappa shape index (κ2) is 10.5. The van der Waals surface area contributed by atoms with Crippen molar-refractivity contribution in [3.63, 3.8) is 0 Å². The third-order valence-electron chi connectivity index (χ3n) is 4.91. The fraction of sp³-hybridized carbons (Fsp3) is 0.273. The largest absolute Gasteiger partial charge is 0.573 e. The van der Waals surface area contributed by atoms with E-state index in [0.29, 0.717) is 12.2 Å². The van der Waals surface area contributed by atoms with E-state index in [0.717, 1.165) is 12.2 Å². The minimum Gasteiger partial charge on any atom is -0.405 e. The van der Waals surface area contributed by atoms with Crippen molar-refractivity contribution in [3.8, 4) is 11.5 Å². The van der Waals surface area contributed by atoms with Gasteiger partial charge in [0.25, 0.3) is 0 Å². The molecule has 18 heteroatoms. The van der Waals surface area contributed by atoms with E-state index in [-0.39, 0.29) is 23.5 Å². The fourth-order valence-corrected chi connectivity index (χ4v) is 3.60. The number of allylic oxidation sites excluding steroid dienone is 6. The van der Waals surface area contributed by atoms with Crippen LogP contribution >= 0.6 is 0 Å². The van der Waals surface area contributed by atoms with Crippen LogP contribution in [-0.4, -0.2) is 25.4 Å². The quantitative estimate of drug-likeness (QED) is 0.469. The maximum absolute atomic E-state index is 13.3. The molecule has 220 valence electrons. The molecule has 0 saturated carbocycles. The summed E-state index contributed by atoms with van der Waals surface area (Å²) >= 11 is 0. The summed E-state index contributed by atoms with van der Waals surface area (Å²) in [6.07, 6.45) is -20.2. The zero-order valence-corrected chi connectivity index (χ0v) is 19.2. The zero-order valence-electron chi connectivity index (χ0n) is 19.2. The van der Waals surface area contributed by atoms with E-state index in [1.807, 2.05) is 0 Å². The van der Waals surface area contributed by atoms with Gasteiger partial charge in [-0.3, -0.25) is 0 Å². The van der Waals surface area contributed by atoms with Crippen molar-refractivity contribution in [1.29, 1.82) is 0 Å². The lowest BCUT2D eigenvalue weighted by Crippen LogP contribution is -2.30. The maximum Gasteiger partial charge on any atom is 0.573 e. The molecule has 4 N–H and O–H groups in total. The molecule has 1 aromatic rings. The normalized spacial score (nSPS) is 19.7. The first-order chi connectivity index (χ1) is 18.1. The molecular weight excluding hydrogens is 584 g/mol. The molecule has 40 heavy (non-hydrogen) atoms. The lowest BCUT2D eigenvalue weighted by Gasteiger charge is -2.22. The lowest BCUT2D eigenvalue weighted by molar-refractivity contribution is -0.303. The monoisotopic (exact) mass is 598 g/mol. The molecule has 0 aliphatic heterocycles. The highest BCUT2D eigenvalue weighted by molar-refractivity contribution is 5.72. The number of halogens is 12. The molecule has 0 unspecified atom stereocenters. The minimum absolute atomic E-state index is 0.210. The Morgan fingerprint density at radius 3 is 1.07 bits per heavy atom. The molecule has 2 aliphatic carbocycles. The molecule has 2 aliphatic rings. The minimum atomic E-state index is -5.57. The summed E-state index contributed by atoms with van der Waals surface area (Å²) in [5.74, 6) is -5.18. The molecule has 0 bridgehead atoms. The van der Waals surface area contributed by atoms with Gasteiger partial charge >= 0.3 is 25.4 Å². The van der Waals surface area contributed by atoms with Crippen LogP contribution in [0.25, 0.3) is 11.1 Å². The van der Waals surface area contributed by atoms with Crippen LogP contribution < -0.4 is 31.4 Å². The second-order valence-corrected chi connectivity index (χ2v) is 7.83. The first-order valence-corrected chi connectivity index (χ1v) is 10.4. The summed E-state index contributed by atoms with van der Waals surface area (Å²) in [6.45, 7) is 0. The fourth-order valence-electron chi connectivity index (χ4n) is 3.60. The average molecular weight is 598 g/mol. The highest BCUT2D eigenvalue weighted by Crippen LogP contribution is 2.34. The van der Waals surface area contributed by atoms with Crippen LogP contribution in [0.15, 0.2) is 59.3 Å². The Kier molecular flexibility index (Phi) is 7.95. The van der Waals surface area contributed by atoms with E-state index in [2.05, 4.69) is 18.9 Å². The number of nitrogens with two attached hydrogens (primary N) is 2. The molecule has 0 fully saturated rings. The highest BCUT2D eigenvalue weighted by Gasteiger charge is 2.38. The van der Waals surface area contributed by atoms with Crippen molar-refractivity contribution >= 4 is 11.1 Å². The van der Waals surface area contributed by atoms with E-state index in [1.54, 1.807) is 0 Å². The Balaban J connectivity index is 2.48. The van der Waals surface area contributed by atoms with E-state index < -0.39 is 82.9 Å². The van der Waals surface area contributed by atoms with Gasteiger partial charge in [-0.05, 0) is 25.0 Å². The van der Waals surface area contributed by atoms with Crippen LogP contribution in [0.4, 0.5) is 52.7 Å². The SMILES string of the molecule is NC1=CCC(=c2cc(OC(F)(F)F)c(=C3CC=C(N)C=C3OC(F)(F)F)cc2OC(F)(F)F)C(OC(F)(F)F)=C1. The summed E-state index contributed by atoms with van der Waals surface area (Å²) in [5.41, 5.74) is 8.69. The Labute approximate surface area is 214 Å². The van der Waals surface area contributed by atoms with Crippen molar-refractivity contribution in [2.24, 2.45) is 11.5 Å². The number of alkyl halides is 12. The summed E-state index contributed by atoms with van der Waals surface area (Å²) in [6, 6.07) is 0.421. The van der Waals surface area contributed by atoms with Crippen molar-refractivity contribution in [2.75, 3.05) is 0 Å².